The number of aryl methyl sites for hydroxylation is 1. The summed E-state index contributed by atoms with van der Waals surface area (Å²) in [6.07, 6.45) is 0. The quantitative estimate of drug-likeness (QED) is 0.553. The molecule has 0 aromatic carbocycles. The van der Waals surface area contributed by atoms with Gasteiger partial charge in [-0.3, -0.25) is 0 Å². The summed E-state index contributed by atoms with van der Waals surface area (Å²) in [6, 6.07) is 3.95. The van der Waals surface area contributed by atoms with Gasteiger partial charge in [-0.25, -0.2) is 4.98 Å². The van der Waals surface area contributed by atoms with Crippen LogP contribution in [-0.2, 0) is 0 Å². The molecule has 0 atom stereocenters. The molecular weight excluding hydrogens is 236 g/mol. The van der Waals surface area contributed by atoms with Crippen molar-refractivity contribution in [1.29, 1.82) is 0 Å². The predicted octanol–water partition coefficient (Wildman–Crippen LogP) is 1.55. The van der Waals surface area contributed by atoms with Crippen molar-refractivity contribution in [2.45, 2.75) is 16.7 Å². The van der Waals surface area contributed by atoms with Crippen LogP contribution in [0.3, 0.4) is 0 Å². The molecule has 0 saturated carbocycles. The monoisotopic (exact) mass is 246 g/mol. The number of hydrogen-bond acceptors (Lipinski definition) is 7. The Labute approximate surface area is 102 Å². The third kappa shape index (κ3) is 1.64. The molecule has 6 nitrogen and oxygen atoms in total. The topological polar surface area (TPSA) is 103 Å². The van der Waals surface area contributed by atoms with Crippen molar-refractivity contribution < 1.29 is 0 Å². The molecule has 0 saturated heterocycles. The number of hydrogen-bond donors (Lipinski definition) is 3. The summed E-state index contributed by atoms with van der Waals surface area (Å²) in [5, 5.41) is 3.12. The second kappa shape index (κ2) is 3.49. The molecule has 0 aliphatic carbocycles. The smallest absolute Gasteiger partial charge is 0.224 e. The summed E-state index contributed by atoms with van der Waals surface area (Å²) >= 11 is 1.50. The van der Waals surface area contributed by atoms with Crippen LogP contribution in [0, 0.1) is 6.92 Å². The maximum Gasteiger partial charge on any atom is 0.224 e. The van der Waals surface area contributed by atoms with Gasteiger partial charge in [-0.2, -0.15) is 9.97 Å². The van der Waals surface area contributed by atoms with Crippen molar-refractivity contribution in [1.82, 2.24) is 15.0 Å². The molecule has 7 heteroatoms. The number of pyridine rings is 1. The summed E-state index contributed by atoms with van der Waals surface area (Å²) in [6.45, 7) is 1.94. The zero-order valence-electron chi connectivity index (χ0n) is 9.06. The maximum absolute atomic E-state index is 5.82. The molecule has 0 amide bonds. The molecule has 0 fully saturated rings. The molecule has 0 radical (unpaired) electrons. The summed E-state index contributed by atoms with van der Waals surface area (Å²) in [7, 11) is 0. The first-order chi connectivity index (χ1) is 8.13. The van der Waals surface area contributed by atoms with Crippen LogP contribution >= 0.6 is 11.8 Å². The molecule has 2 aromatic rings. The van der Waals surface area contributed by atoms with E-state index in [1.54, 1.807) is 0 Å². The van der Waals surface area contributed by atoms with E-state index in [-0.39, 0.29) is 5.95 Å². The lowest BCUT2D eigenvalue weighted by Crippen LogP contribution is -2.10. The normalized spacial score (nSPS) is 12.5. The summed E-state index contributed by atoms with van der Waals surface area (Å²) in [5.41, 5.74) is 12.3. The summed E-state index contributed by atoms with van der Waals surface area (Å²) in [4.78, 5) is 14.2. The highest BCUT2D eigenvalue weighted by atomic mass is 32.2. The Morgan fingerprint density at radius 3 is 2.76 bits per heavy atom. The summed E-state index contributed by atoms with van der Waals surface area (Å²) < 4.78 is 0. The van der Waals surface area contributed by atoms with E-state index in [4.69, 9.17) is 11.5 Å². The van der Waals surface area contributed by atoms with E-state index < -0.39 is 0 Å². The van der Waals surface area contributed by atoms with Gasteiger partial charge in [0.1, 0.15) is 11.6 Å². The predicted molar refractivity (Wildman–Crippen MR) is 67.2 cm³/mol. The van der Waals surface area contributed by atoms with Gasteiger partial charge < -0.3 is 16.8 Å². The molecule has 1 aliphatic rings. The minimum absolute atomic E-state index is 0.158. The lowest BCUT2D eigenvalue weighted by Gasteiger charge is -2.19. The number of nitrogens with zero attached hydrogens (tertiary/aromatic N) is 3. The third-order valence-electron chi connectivity index (χ3n) is 2.36. The van der Waals surface area contributed by atoms with Gasteiger partial charge >= 0.3 is 0 Å². The number of nitrogen functional groups attached to an aromatic ring is 2. The van der Waals surface area contributed by atoms with E-state index >= 15 is 0 Å². The SMILES string of the molecule is Cc1ccc2c(n1)Nc1nc(N)nc(N)c1S2. The Morgan fingerprint density at radius 1 is 1.12 bits per heavy atom. The molecule has 3 heterocycles. The van der Waals surface area contributed by atoms with Crippen LogP contribution in [0.25, 0.3) is 0 Å². The first-order valence-electron chi connectivity index (χ1n) is 4.99. The molecule has 5 N–H and O–H groups in total. The van der Waals surface area contributed by atoms with Crippen LogP contribution < -0.4 is 16.8 Å². The third-order valence-corrected chi connectivity index (χ3v) is 3.51. The highest BCUT2D eigenvalue weighted by molar-refractivity contribution is 7.99. The first-order valence-corrected chi connectivity index (χ1v) is 5.80. The molecule has 3 rings (SSSR count). The molecule has 86 valence electrons. The lowest BCUT2D eigenvalue weighted by molar-refractivity contribution is 1.08. The standard InChI is InChI=1S/C10H10N6S/c1-4-2-3-5-8(13-4)15-9-6(17-5)7(11)14-10(12)16-9/h2-3H,1H3,(H5,11,12,13,14,15,16). The van der Waals surface area contributed by atoms with Crippen LogP contribution in [0.4, 0.5) is 23.4 Å². The fourth-order valence-corrected chi connectivity index (χ4v) is 2.50. The van der Waals surface area contributed by atoms with Gasteiger partial charge in [-0.1, -0.05) is 11.8 Å². The highest BCUT2D eigenvalue weighted by Gasteiger charge is 2.21. The fraction of sp³-hybridized carbons (Fsp3) is 0.100. The number of rotatable bonds is 0. The van der Waals surface area contributed by atoms with E-state index in [1.165, 1.54) is 11.8 Å². The highest BCUT2D eigenvalue weighted by Crippen LogP contribution is 2.44. The molecule has 1 aliphatic heterocycles. The zero-order valence-corrected chi connectivity index (χ0v) is 9.88. The maximum atomic E-state index is 5.82. The first kappa shape index (κ1) is 10.2. The zero-order chi connectivity index (χ0) is 12.0. The van der Waals surface area contributed by atoms with E-state index in [1.807, 2.05) is 19.1 Å². The van der Waals surface area contributed by atoms with Gasteiger partial charge in [0.05, 0.1) is 9.79 Å². The van der Waals surface area contributed by atoms with E-state index in [9.17, 15) is 0 Å². The van der Waals surface area contributed by atoms with Crippen LogP contribution in [0.1, 0.15) is 5.69 Å². The Hall–Kier alpha value is -2.02. The molecule has 0 unspecified atom stereocenters. The van der Waals surface area contributed by atoms with Crippen LogP contribution in [-0.4, -0.2) is 15.0 Å². The van der Waals surface area contributed by atoms with Crippen molar-refractivity contribution in [2.24, 2.45) is 0 Å². The molecule has 0 spiro atoms. The number of aromatic nitrogens is 3. The minimum atomic E-state index is 0.158. The molecule has 0 bridgehead atoms. The van der Waals surface area contributed by atoms with Crippen molar-refractivity contribution >= 4 is 35.2 Å². The molecule has 2 aromatic heterocycles. The average Bonchev–Trinajstić information content (AvgIpc) is 2.26. The van der Waals surface area contributed by atoms with Crippen LogP contribution in [0.2, 0.25) is 0 Å². The fourth-order valence-electron chi connectivity index (χ4n) is 1.61. The molecular formula is C10H10N6S. The molecule has 17 heavy (non-hydrogen) atoms. The Balaban J connectivity index is 2.14. The van der Waals surface area contributed by atoms with Gasteiger partial charge in [-0.15, -0.1) is 0 Å². The van der Waals surface area contributed by atoms with Gasteiger partial charge in [0.2, 0.25) is 5.95 Å². The Morgan fingerprint density at radius 2 is 1.94 bits per heavy atom. The van der Waals surface area contributed by atoms with Crippen molar-refractivity contribution in [2.75, 3.05) is 16.8 Å². The summed E-state index contributed by atoms with van der Waals surface area (Å²) in [5.74, 6) is 1.94. The van der Waals surface area contributed by atoms with Crippen LogP contribution in [0.5, 0.6) is 0 Å². The second-order valence-corrected chi connectivity index (χ2v) is 4.72. The Kier molecular flexibility index (Phi) is 2.08. The van der Waals surface area contributed by atoms with E-state index in [0.29, 0.717) is 11.6 Å². The number of nitrogens with two attached hydrogens (primary N) is 2. The van der Waals surface area contributed by atoms with E-state index in [0.717, 1.165) is 21.3 Å². The van der Waals surface area contributed by atoms with Crippen LogP contribution in [0.15, 0.2) is 21.9 Å². The van der Waals surface area contributed by atoms with Gasteiger partial charge in [0, 0.05) is 5.69 Å². The number of anilines is 4. The van der Waals surface area contributed by atoms with Crippen molar-refractivity contribution in [3.05, 3.63) is 17.8 Å². The van der Waals surface area contributed by atoms with Crippen molar-refractivity contribution in [3.63, 3.8) is 0 Å². The largest absolute Gasteiger partial charge is 0.383 e. The average molecular weight is 246 g/mol. The lowest BCUT2D eigenvalue weighted by atomic mass is 10.3. The second-order valence-electron chi connectivity index (χ2n) is 3.67. The van der Waals surface area contributed by atoms with Gasteiger partial charge in [0.15, 0.2) is 5.82 Å². The minimum Gasteiger partial charge on any atom is -0.383 e. The van der Waals surface area contributed by atoms with E-state index in [2.05, 4.69) is 20.3 Å². The number of fused-ring (bicyclic) bond motifs is 2. The number of nitrogens with one attached hydrogen (secondary N) is 1. The van der Waals surface area contributed by atoms with Crippen molar-refractivity contribution in [3.8, 4) is 0 Å². The van der Waals surface area contributed by atoms with Gasteiger partial charge in [0.25, 0.3) is 0 Å². The Bertz CT molecular complexity index is 612. The van der Waals surface area contributed by atoms with Gasteiger partial charge in [-0.05, 0) is 19.1 Å².